The van der Waals surface area contributed by atoms with Crippen molar-refractivity contribution in [2.24, 2.45) is 7.05 Å². The Hall–Kier alpha value is -2.38. The Morgan fingerprint density at radius 2 is 1.85 bits per heavy atom. The molecule has 7 heteroatoms. The number of benzene rings is 2. The summed E-state index contributed by atoms with van der Waals surface area (Å²) < 4.78 is 45.4. The molecule has 144 valence electrons. The molecule has 0 aliphatic heterocycles. The molecule has 0 aliphatic carbocycles. The first-order valence-corrected chi connectivity index (χ1v) is 10.5. The second-order valence-electron chi connectivity index (χ2n) is 6.59. The van der Waals surface area contributed by atoms with Crippen LogP contribution in [0.15, 0.2) is 47.5 Å². The van der Waals surface area contributed by atoms with E-state index in [1.807, 2.05) is 24.9 Å². The lowest BCUT2D eigenvalue weighted by Gasteiger charge is -2.11. The topological polar surface area (TPSA) is 60.3 Å². The maximum atomic E-state index is 14.5. The van der Waals surface area contributed by atoms with Gasteiger partial charge in [0, 0.05) is 24.9 Å². The Balaban J connectivity index is 1.91. The molecule has 0 bridgehead atoms. The van der Waals surface area contributed by atoms with Crippen LogP contribution in [0, 0.1) is 5.82 Å². The van der Waals surface area contributed by atoms with Crippen LogP contribution < -0.4 is 10.1 Å². The van der Waals surface area contributed by atoms with Crippen LogP contribution in [0.1, 0.15) is 11.1 Å². The fourth-order valence-electron chi connectivity index (χ4n) is 3.10. The van der Waals surface area contributed by atoms with Gasteiger partial charge in [0.15, 0.2) is 21.4 Å². The second kappa shape index (κ2) is 7.70. The third-order valence-corrected chi connectivity index (χ3v) is 5.65. The first-order valence-electron chi connectivity index (χ1n) is 8.64. The molecule has 0 saturated heterocycles. The molecule has 0 spiro atoms. The zero-order valence-corrected chi connectivity index (χ0v) is 16.4. The molecule has 5 nitrogen and oxygen atoms in total. The van der Waals surface area contributed by atoms with Crippen molar-refractivity contribution in [1.29, 1.82) is 0 Å². The van der Waals surface area contributed by atoms with Crippen molar-refractivity contribution in [2.75, 3.05) is 19.8 Å². The molecule has 27 heavy (non-hydrogen) atoms. The summed E-state index contributed by atoms with van der Waals surface area (Å²) in [6, 6.07) is 9.59. The van der Waals surface area contributed by atoms with Crippen LogP contribution in [0.4, 0.5) is 4.39 Å². The van der Waals surface area contributed by atoms with E-state index in [2.05, 4.69) is 5.32 Å². The number of rotatable bonds is 7. The minimum atomic E-state index is -3.24. The Bertz CT molecular complexity index is 1060. The van der Waals surface area contributed by atoms with E-state index in [0.29, 0.717) is 0 Å². The number of hydrogen-bond acceptors (Lipinski definition) is 4. The SMILES string of the molecule is CNCCc1cn(C)c2ccc(F)c(OCc3ccc(S(C)(=O)=O)cc3)c12. The molecule has 3 aromatic rings. The largest absolute Gasteiger partial charge is 0.485 e. The van der Waals surface area contributed by atoms with Crippen molar-refractivity contribution in [3.8, 4) is 5.75 Å². The molecule has 0 saturated carbocycles. The number of hydrogen-bond donors (Lipinski definition) is 1. The highest BCUT2D eigenvalue weighted by Gasteiger charge is 2.16. The van der Waals surface area contributed by atoms with Crippen LogP contribution >= 0.6 is 0 Å². The van der Waals surface area contributed by atoms with Gasteiger partial charge in [-0.1, -0.05) is 12.1 Å². The normalized spacial score (nSPS) is 11.9. The molecule has 1 aromatic heterocycles. The Labute approximate surface area is 158 Å². The van der Waals surface area contributed by atoms with Gasteiger partial charge in [-0.15, -0.1) is 0 Å². The predicted molar refractivity (Wildman–Crippen MR) is 104 cm³/mol. The van der Waals surface area contributed by atoms with Crippen molar-refractivity contribution in [3.05, 3.63) is 59.5 Å². The Morgan fingerprint density at radius 1 is 1.15 bits per heavy atom. The number of likely N-dealkylation sites (N-methyl/N-ethyl adjacent to an activating group) is 1. The number of aromatic nitrogens is 1. The van der Waals surface area contributed by atoms with Crippen LogP contribution in [0.3, 0.4) is 0 Å². The molecule has 0 amide bonds. The van der Waals surface area contributed by atoms with Gasteiger partial charge in [0.2, 0.25) is 0 Å². The van der Waals surface area contributed by atoms with E-state index in [-0.39, 0.29) is 17.3 Å². The van der Waals surface area contributed by atoms with Gasteiger partial charge in [-0.05, 0) is 55.4 Å². The highest BCUT2D eigenvalue weighted by Crippen LogP contribution is 2.33. The minimum absolute atomic E-state index is 0.153. The average molecular weight is 390 g/mol. The molecule has 2 aromatic carbocycles. The molecule has 3 rings (SSSR count). The van der Waals surface area contributed by atoms with E-state index in [0.717, 1.165) is 41.3 Å². The smallest absolute Gasteiger partial charge is 0.175 e. The first kappa shape index (κ1) is 19.4. The summed E-state index contributed by atoms with van der Waals surface area (Å²) in [7, 11) is 0.562. The van der Waals surface area contributed by atoms with Crippen LogP contribution in [0.2, 0.25) is 0 Å². The predicted octanol–water partition coefficient (Wildman–Crippen LogP) is 3.06. The third-order valence-electron chi connectivity index (χ3n) is 4.52. The second-order valence-corrected chi connectivity index (χ2v) is 8.61. The molecule has 0 aliphatic rings. The Kier molecular flexibility index (Phi) is 5.53. The Morgan fingerprint density at radius 3 is 2.48 bits per heavy atom. The summed E-state index contributed by atoms with van der Waals surface area (Å²) in [5.41, 5.74) is 2.69. The highest BCUT2D eigenvalue weighted by molar-refractivity contribution is 7.90. The molecule has 0 fully saturated rings. The van der Waals surface area contributed by atoms with Gasteiger partial charge in [-0.3, -0.25) is 0 Å². The van der Waals surface area contributed by atoms with E-state index < -0.39 is 15.7 Å². The number of aryl methyl sites for hydroxylation is 1. The maximum absolute atomic E-state index is 14.5. The van der Waals surface area contributed by atoms with Gasteiger partial charge in [0.25, 0.3) is 0 Å². The molecular weight excluding hydrogens is 367 g/mol. The summed E-state index contributed by atoms with van der Waals surface area (Å²) in [6.07, 6.45) is 3.92. The summed E-state index contributed by atoms with van der Waals surface area (Å²) in [6.45, 7) is 0.933. The quantitative estimate of drug-likeness (QED) is 0.674. The zero-order chi connectivity index (χ0) is 19.6. The van der Waals surface area contributed by atoms with E-state index >= 15 is 0 Å². The molecular formula is C20H23FN2O3S. The molecule has 1 heterocycles. The van der Waals surface area contributed by atoms with Crippen molar-refractivity contribution in [3.63, 3.8) is 0 Å². The van der Waals surface area contributed by atoms with E-state index in [4.69, 9.17) is 4.74 Å². The summed E-state index contributed by atoms with van der Waals surface area (Å²) >= 11 is 0. The standard InChI is InChI=1S/C20H23FN2O3S/c1-22-11-10-15-12-23(2)18-9-8-17(21)20(19(15)18)26-13-14-4-6-16(7-5-14)27(3,24)25/h4-9,12,22H,10-11,13H2,1-3H3. The number of nitrogens with zero attached hydrogens (tertiary/aromatic N) is 1. The summed E-state index contributed by atoms with van der Waals surface area (Å²) in [5, 5.41) is 3.88. The van der Waals surface area contributed by atoms with Gasteiger partial charge >= 0.3 is 0 Å². The van der Waals surface area contributed by atoms with Gasteiger partial charge in [-0.25, -0.2) is 12.8 Å². The van der Waals surface area contributed by atoms with Gasteiger partial charge in [0.1, 0.15) is 6.61 Å². The van der Waals surface area contributed by atoms with Gasteiger partial charge < -0.3 is 14.6 Å². The molecule has 0 atom stereocenters. The van der Waals surface area contributed by atoms with Crippen LogP contribution in [0.25, 0.3) is 10.9 Å². The lowest BCUT2D eigenvalue weighted by molar-refractivity contribution is 0.294. The number of fused-ring (bicyclic) bond motifs is 1. The summed E-state index contributed by atoms with van der Waals surface area (Å²) in [5.74, 6) is -0.182. The van der Waals surface area contributed by atoms with Crippen molar-refractivity contribution in [1.82, 2.24) is 9.88 Å². The lowest BCUT2D eigenvalue weighted by Crippen LogP contribution is -2.10. The third kappa shape index (κ3) is 4.14. The van der Waals surface area contributed by atoms with Crippen molar-refractivity contribution >= 4 is 20.7 Å². The summed E-state index contributed by atoms with van der Waals surface area (Å²) in [4.78, 5) is 0.247. The number of nitrogens with one attached hydrogen (secondary N) is 1. The average Bonchev–Trinajstić information content (AvgIpc) is 2.94. The molecule has 0 radical (unpaired) electrons. The van der Waals surface area contributed by atoms with Crippen LogP contribution in [-0.2, 0) is 29.9 Å². The fraction of sp³-hybridized carbons (Fsp3) is 0.300. The molecule has 0 unspecified atom stereocenters. The lowest BCUT2D eigenvalue weighted by atomic mass is 10.1. The van der Waals surface area contributed by atoms with E-state index in [1.165, 1.54) is 18.2 Å². The van der Waals surface area contributed by atoms with Gasteiger partial charge in [-0.2, -0.15) is 0 Å². The maximum Gasteiger partial charge on any atom is 0.175 e. The van der Waals surface area contributed by atoms with Crippen molar-refractivity contribution < 1.29 is 17.5 Å². The monoisotopic (exact) mass is 390 g/mol. The number of sulfone groups is 1. The van der Waals surface area contributed by atoms with Crippen LogP contribution in [0.5, 0.6) is 5.75 Å². The van der Waals surface area contributed by atoms with E-state index in [1.54, 1.807) is 18.2 Å². The highest BCUT2D eigenvalue weighted by atomic mass is 32.2. The minimum Gasteiger partial charge on any atom is -0.485 e. The van der Waals surface area contributed by atoms with Crippen molar-refractivity contribution in [2.45, 2.75) is 17.9 Å². The molecule has 1 N–H and O–H groups in total. The number of halogens is 1. The zero-order valence-electron chi connectivity index (χ0n) is 15.6. The first-order chi connectivity index (χ1) is 12.8. The van der Waals surface area contributed by atoms with Crippen LogP contribution in [-0.4, -0.2) is 32.8 Å². The van der Waals surface area contributed by atoms with E-state index in [9.17, 15) is 12.8 Å². The fourth-order valence-corrected chi connectivity index (χ4v) is 3.73. The van der Waals surface area contributed by atoms with Gasteiger partial charge in [0.05, 0.1) is 10.4 Å². The number of ether oxygens (including phenoxy) is 1.